The number of hydrogen-bond donors (Lipinski definition) is 0. The first-order valence-corrected chi connectivity index (χ1v) is 15.8. The second-order valence-corrected chi connectivity index (χ2v) is 13.7. The van der Waals surface area contributed by atoms with E-state index in [9.17, 15) is 0 Å². The van der Waals surface area contributed by atoms with Gasteiger partial charge in [-0.3, -0.25) is 0 Å². The van der Waals surface area contributed by atoms with Gasteiger partial charge in [-0.2, -0.15) is 36.4 Å². The molecule has 0 saturated carbocycles. The van der Waals surface area contributed by atoms with Crippen LogP contribution >= 0.6 is 15.8 Å². The van der Waals surface area contributed by atoms with Crippen LogP contribution in [0.15, 0.2) is 170 Å². The van der Waals surface area contributed by atoms with Crippen LogP contribution in [-0.2, 0) is 34.1 Å². The van der Waals surface area contributed by atoms with E-state index in [0.717, 1.165) is 0 Å². The van der Waals surface area contributed by atoms with Crippen molar-refractivity contribution in [2.24, 2.45) is 0 Å². The summed E-state index contributed by atoms with van der Waals surface area (Å²) < 4.78 is 0. The van der Waals surface area contributed by atoms with Gasteiger partial charge in [-0.25, -0.2) is 0 Å². The Morgan fingerprint density at radius 3 is 0.775 bits per heavy atom. The molecule has 0 unspecified atom stereocenters. The predicted molar refractivity (Wildman–Crippen MR) is 171 cm³/mol. The van der Waals surface area contributed by atoms with E-state index in [1.165, 1.54) is 31.8 Å². The van der Waals surface area contributed by atoms with Crippen molar-refractivity contribution in [2.75, 3.05) is 0 Å². The molecule has 0 atom stereocenters. The number of benzene rings is 6. The van der Waals surface area contributed by atoms with Crippen LogP contribution in [-0.4, -0.2) is 0 Å². The molecule has 0 radical (unpaired) electrons. The smallest absolute Gasteiger partial charge is 0.173 e. The van der Waals surface area contributed by atoms with Crippen molar-refractivity contribution in [3.8, 4) is 0 Å². The summed E-state index contributed by atoms with van der Waals surface area (Å²) in [5, 5.41) is 8.24. The molecule has 4 heteroatoms. The fourth-order valence-electron chi connectivity index (χ4n) is 4.47. The van der Waals surface area contributed by atoms with Crippen LogP contribution in [0.5, 0.6) is 0 Å². The minimum absolute atomic E-state index is 0. The average molecular weight is 652 g/mol. The Hall–Kier alpha value is -2.78. The summed E-state index contributed by atoms with van der Waals surface area (Å²) in [4.78, 5) is 0. The van der Waals surface area contributed by atoms with Crippen molar-refractivity contribution in [1.29, 1.82) is 0 Å². The van der Waals surface area contributed by atoms with Gasteiger partial charge in [0.25, 0.3) is 0 Å². The van der Waals surface area contributed by atoms with E-state index in [0.29, 0.717) is 0 Å². The molecule has 0 heterocycles. The second-order valence-electron chi connectivity index (χ2n) is 8.77. The van der Waals surface area contributed by atoms with Crippen LogP contribution in [0.4, 0.5) is 0 Å². The van der Waals surface area contributed by atoms with E-state index in [1.54, 1.807) is 0 Å². The van der Waals surface area contributed by atoms with E-state index in [1.807, 2.05) is 24.3 Å². The molecular formula is C36H30Cu2P2+2. The Kier molecular flexibility index (Phi) is 13.6. The Balaban J connectivity index is 0.000000210. The van der Waals surface area contributed by atoms with Gasteiger partial charge >= 0.3 is 34.1 Å². The summed E-state index contributed by atoms with van der Waals surface area (Å²) in [6.07, 6.45) is 0. The minimum Gasteiger partial charge on any atom is -0.173 e. The van der Waals surface area contributed by atoms with Gasteiger partial charge < -0.3 is 0 Å². The molecular weight excluding hydrogens is 621 g/mol. The Morgan fingerprint density at radius 1 is 0.300 bits per heavy atom. The average Bonchev–Trinajstić information content (AvgIpc) is 3.01. The summed E-state index contributed by atoms with van der Waals surface area (Å²) in [5.41, 5.74) is 0. The third kappa shape index (κ3) is 8.61. The Labute approximate surface area is 262 Å². The van der Waals surface area contributed by atoms with Crippen molar-refractivity contribution in [2.45, 2.75) is 0 Å². The number of rotatable bonds is 6. The normalized spacial score (nSPS) is 10.1. The standard InChI is InChI=1S/2C18H14P.2Cu/c2*1-4-10-16(11-5-1)19(17-12-6-2-7-13-17)18-14-8-3-9-15-18;;/h2*1-14H;;/q2*-1;2*+1/p+2. The van der Waals surface area contributed by atoms with Crippen LogP contribution in [0.1, 0.15) is 0 Å². The van der Waals surface area contributed by atoms with Crippen LogP contribution < -0.4 is 31.8 Å². The summed E-state index contributed by atoms with van der Waals surface area (Å²) >= 11 is 0. The van der Waals surface area contributed by atoms with E-state index in [2.05, 4.69) is 158 Å². The van der Waals surface area contributed by atoms with Crippen molar-refractivity contribution in [1.82, 2.24) is 0 Å². The molecule has 0 amide bonds. The van der Waals surface area contributed by atoms with Gasteiger partial charge in [-0.15, -0.1) is 24.3 Å². The molecule has 0 spiro atoms. The van der Waals surface area contributed by atoms with Gasteiger partial charge in [-0.1, -0.05) is 72.8 Å². The van der Waals surface area contributed by atoms with Gasteiger partial charge in [0.15, 0.2) is 0 Å². The zero-order valence-corrected chi connectivity index (χ0v) is 25.7. The van der Waals surface area contributed by atoms with Gasteiger partial charge in [0, 0.05) is 0 Å². The summed E-state index contributed by atoms with van der Waals surface area (Å²) in [7, 11) is -1.87. The first kappa shape index (κ1) is 31.7. The van der Waals surface area contributed by atoms with E-state index < -0.39 is 15.8 Å². The maximum Gasteiger partial charge on any atom is 1.00 e. The molecule has 204 valence electrons. The van der Waals surface area contributed by atoms with Gasteiger partial charge in [-0.05, 0) is 59.1 Å². The molecule has 0 aliphatic carbocycles. The van der Waals surface area contributed by atoms with Crippen LogP contribution in [0.2, 0.25) is 0 Å². The summed E-state index contributed by atoms with van der Waals surface area (Å²) in [5.74, 6) is 0. The molecule has 6 aromatic rings. The zero-order valence-electron chi connectivity index (χ0n) is 21.8. The van der Waals surface area contributed by atoms with E-state index in [-0.39, 0.29) is 34.1 Å². The summed E-state index contributed by atoms with van der Waals surface area (Å²) in [6, 6.07) is 66.5. The third-order valence-corrected chi connectivity index (χ3v) is 11.5. The van der Waals surface area contributed by atoms with Crippen molar-refractivity contribution >= 4 is 47.7 Å². The van der Waals surface area contributed by atoms with Gasteiger partial charge in [0.1, 0.15) is 0 Å². The molecule has 0 aromatic heterocycles. The molecule has 6 rings (SSSR count). The SMILES string of the molecule is [Cu+].[Cu+].[c-]1ccccc1[PH+](c1ccccc1)c1ccccc1.[c-]1ccccc1[PH+](c1ccccc1)c1ccccc1. The first-order valence-electron chi connectivity index (χ1n) is 12.8. The van der Waals surface area contributed by atoms with Gasteiger partial charge in [0.2, 0.25) is 0 Å². The van der Waals surface area contributed by atoms with Gasteiger partial charge in [0.05, 0.1) is 37.1 Å². The largest absolute Gasteiger partial charge is 1.00 e. The molecule has 0 aliphatic heterocycles. The molecule has 0 aliphatic rings. The zero-order chi connectivity index (χ0) is 25.8. The Bertz CT molecular complexity index is 1180. The fourth-order valence-corrected chi connectivity index (χ4v) is 9.47. The first-order chi connectivity index (χ1) is 18.9. The van der Waals surface area contributed by atoms with Crippen molar-refractivity contribution in [3.63, 3.8) is 0 Å². The molecule has 0 fully saturated rings. The van der Waals surface area contributed by atoms with E-state index >= 15 is 0 Å². The van der Waals surface area contributed by atoms with Crippen LogP contribution in [0, 0.1) is 12.1 Å². The molecule has 0 N–H and O–H groups in total. The maximum atomic E-state index is 3.41. The Morgan fingerprint density at radius 2 is 0.550 bits per heavy atom. The fraction of sp³-hybridized carbons (Fsp3) is 0. The number of hydrogen-bond acceptors (Lipinski definition) is 0. The van der Waals surface area contributed by atoms with E-state index in [4.69, 9.17) is 0 Å². The van der Waals surface area contributed by atoms with Crippen LogP contribution in [0.25, 0.3) is 0 Å². The van der Waals surface area contributed by atoms with Crippen molar-refractivity contribution in [3.05, 3.63) is 182 Å². The molecule has 40 heavy (non-hydrogen) atoms. The molecule has 0 nitrogen and oxygen atoms in total. The molecule has 0 bridgehead atoms. The molecule has 0 saturated heterocycles. The minimum atomic E-state index is -0.933. The maximum absolute atomic E-state index is 3.41. The quantitative estimate of drug-likeness (QED) is 0.119. The molecule has 6 aromatic carbocycles. The topological polar surface area (TPSA) is 0 Å². The third-order valence-electron chi connectivity index (χ3n) is 6.21. The monoisotopic (exact) mass is 650 g/mol. The second kappa shape index (κ2) is 17.1. The summed E-state index contributed by atoms with van der Waals surface area (Å²) in [6.45, 7) is 0. The predicted octanol–water partition coefficient (Wildman–Crippen LogP) is 5.95. The van der Waals surface area contributed by atoms with Crippen LogP contribution in [0.3, 0.4) is 0 Å². The van der Waals surface area contributed by atoms with Crippen molar-refractivity contribution < 1.29 is 34.1 Å².